The first-order valence-electron chi connectivity index (χ1n) is 10.5. The van der Waals surface area contributed by atoms with E-state index in [4.69, 9.17) is 0 Å². The average molecular weight is 440 g/mol. The maximum Gasteiger partial charge on any atom is 0.261 e. The molecule has 0 aliphatic carbocycles. The first kappa shape index (κ1) is 21.2. The molecular formula is C23H25N3O4S. The monoisotopic (exact) mass is 439 g/mol. The van der Waals surface area contributed by atoms with Crippen LogP contribution in [0, 0.1) is 5.92 Å². The van der Waals surface area contributed by atoms with Crippen LogP contribution < -0.4 is 5.32 Å². The number of fused-ring (bicyclic) bond motifs is 1. The zero-order valence-corrected chi connectivity index (χ0v) is 18.4. The number of likely N-dealkylation sites (tertiary alicyclic amines) is 1. The van der Waals surface area contributed by atoms with Crippen molar-refractivity contribution in [2.75, 3.05) is 19.6 Å². The summed E-state index contributed by atoms with van der Waals surface area (Å²) >= 11 is 1.40. The van der Waals surface area contributed by atoms with Crippen molar-refractivity contribution >= 4 is 35.0 Å². The topological polar surface area (TPSA) is 86.8 Å². The number of hydrogen-bond donors (Lipinski definition) is 1. The van der Waals surface area contributed by atoms with E-state index in [-0.39, 0.29) is 35.6 Å². The molecule has 2 aromatic rings. The minimum atomic E-state index is -0.335. The van der Waals surface area contributed by atoms with Crippen molar-refractivity contribution in [1.82, 2.24) is 15.1 Å². The lowest BCUT2D eigenvalue weighted by Gasteiger charge is -2.32. The third kappa shape index (κ3) is 4.25. The maximum atomic E-state index is 13.0. The average Bonchev–Trinajstić information content (AvgIpc) is 3.38. The second-order valence-electron chi connectivity index (χ2n) is 8.39. The molecule has 0 bridgehead atoms. The van der Waals surface area contributed by atoms with Gasteiger partial charge in [-0.15, -0.1) is 11.3 Å². The Hall–Kier alpha value is -3.00. The molecule has 0 spiro atoms. The number of amides is 4. The van der Waals surface area contributed by atoms with Crippen molar-refractivity contribution in [3.63, 3.8) is 0 Å². The molecule has 0 unspecified atom stereocenters. The van der Waals surface area contributed by atoms with Crippen molar-refractivity contribution in [2.24, 2.45) is 5.92 Å². The van der Waals surface area contributed by atoms with E-state index in [2.05, 4.69) is 5.32 Å². The van der Waals surface area contributed by atoms with E-state index in [0.29, 0.717) is 54.0 Å². The minimum Gasteiger partial charge on any atom is -0.348 e. The third-order valence-corrected chi connectivity index (χ3v) is 6.50. The summed E-state index contributed by atoms with van der Waals surface area (Å²) in [7, 11) is 0. The molecule has 0 atom stereocenters. The highest BCUT2D eigenvalue weighted by Crippen LogP contribution is 2.26. The molecule has 8 heteroatoms. The molecule has 4 rings (SSSR count). The van der Waals surface area contributed by atoms with Gasteiger partial charge in [0, 0.05) is 31.2 Å². The summed E-state index contributed by atoms with van der Waals surface area (Å²) in [4.78, 5) is 54.1. The SMILES string of the molecule is CC(C)CN1C(=O)c2ccc(C(=O)N3CCC(NC(=O)c4cccs4)CC3)cc2C1=O. The largest absolute Gasteiger partial charge is 0.348 e. The van der Waals surface area contributed by atoms with Crippen LogP contribution in [0.25, 0.3) is 0 Å². The van der Waals surface area contributed by atoms with Gasteiger partial charge in [0.2, 0.25) is 0 Å². The third-order valence-electron chi connectivity index (χ3n) is 5.63. The molecule has 31 heavy (non-hydrogen) atoms. The summed E-state index contributed by atoms with van der Waals surface area (Å²) in [5.74, 6) is -0.695. The summed E-state index contributed by atoms with van der Waals surface area (Å²) in [6.07, 6.45) is 1.35. The Morgan fingerprint density at radius 3 is 2.45 bits per heavy atom. The van der Waals surface area contributed by atoms with Crippen LogP contribution in [0.5, 0.6) is 0 Å². The van der Waals surface area contributed by atoms with Crippen LogP contribution in [-0.4, -0.2) is 59.1 Å². The molecule has 0 saturated carbocycles. The van der Waals surface area contributed by atoms with Gasteiger partial charge in [-0.1, -0.05) is 19.9 Å². The highest BCUT2D eigenvalue weighted by Gasteiger charge is 2.36. The quantitative estimate of drug-likeness (QED) is 0.726. The highest BCUT2D eigenvalue weighted by atomic mass is 32.1. The van der Waals surface area contributed by atoms with E-state index >= 15 is 0 Å². The Morgan fingerprint density at radius 2 is 1.81 bits per heavy atom. The summed E-state index contributed by atoms with van der Waals surface area (Å²) in [6.45, 7) is 5.31. The van der Waals surface area contributed by atoms with Crippen molar-refractivity contribution < 1.29 is 19.2 Å². The number of benzene rings is 1. The second kappa shape index (κ2) is 8.63. The Morgan fingerprint density at radius 1 is 1.10 bits per heavy atom. The molecule has 1 aromatic heterocycles. The fraction of sp³-hybridized carbons (Fsp3) is 0.391. The molecule has 1 N–H and O–H groups in total. The molecule has 7 nitrogen and oxygen atoms in total. The van der Waals surface area contributed by atoms with Gasteiger partial charge in [0.25, 0.3) is 23.6 Å². The van der Waals surface area contributed by atoms with Gasteiger partial charge in [-0.3, -0.25) is 24.1 Å². The van der Waals surface area contributed by atoms with E-state index in [0.717, 1.165) is 0 Å². The van der Waals surface area contributed by atoms with Gasteiger partial charge in [0.15, 0.2) is 0 Å². The predicted octanol–water partition coefficient (Wildman–Crippen LogP) is 3.03. The van der Waals surface area contributed by atoms with E-state index in [1.165, 1.54) is 16.2 Å². The van der Waals surface area contributed by atoms with Crippen LogP contribution in [0.15, 0.2) is 35.7 Å². The molecule has 1 fully saturated rings. The van der Waals surface area contributed by atoms with E-state index in [1.807, 2.05) is 25.3 Å². The smallest absolute Gasteiger partial charge is 0.261 e. The highest BCUT2D eigenvalue weighted by molar-refractivity contribution is 7.12. The van der Waals surface area contributed by atoms with Crippen molar-refractivity contribution in [1.29, 1.82) is 0 Å². The van der Waals surface area contributed by atoms with Gasteiger partial charge >= 0.3 is 0 Å². The van der Waals surface area contributed by atoms with Crippen molar-refractivity contribution in [3.05, 3.63) is 57.3 Å². The molecule has 1 aromatic carbocycles. The number of rotatable bonds is 5. The van der Waals surface area contributed by atoms with Crippen LogP contribution >= 0.6 is 11.3 Å². The maximum absolute atomic E-state index is 13.0. The van der Waals surface area contributed by atoms with Crippen LogP contribution in [0.4, 0.5) is 0 Å². The lowest BCUT2D eigenvalue weighted by atomic mass is 10.0. The second-order valence-corrected chi connectivity index (χ2v) is 9.34. The Balaban J connectivity index is 1.39. The lowest BCUT2D eigenvalue weighted by molar-refractivity contribution is 0.0634. The standard InChI is InChI=1S/C23H25N3O4S/c1-14(2)13-26-22(29)17-6-5-15(12-18(17)23(26)30)21(28)25-9-7-16(8-10-25)24-20(27)19-4-3-11-31-19/h3-6,11-12,14,16H,7-10,13H2,1-2H3,(H,24,27). The zero-order chi connectivity index (χ0) is 22.1. The summed E-state index contributed by atoms with van der Waals surface area (Å²) in [5, 5.41) is 4.90. The predicted molar refractivity (Wildman–Crippen MR) is 117 cm³/mol. The van der Waals surface area contributed by atoms with Gasteiger partial charge in [-0.25, -0.2) is 0 Å². The van der Waals surface area contributed by atoms with Crippen molar-refractivity contribution in [2.45, 2.75) is 32.7 Å². The van der Waals surface area contributed by atoms with Crippen LogP contribution in [0.3, 0.4) is 0 Å². The number of imide groups is 1. The Labute approximate surface area is 185 Å². The van der Waals surface area contributed by atoms with Crippen LogP contribution in [0.1, 0.15) is 67.4 Å². The van der Waals surface area contributed by atoms with Gasteiger partial charge in [-0.05, 0) is 48.4 Å². The number of hydrogen-bond acceptors (Lipinski definition) is 5. The molecule has 4 amide bonds. The zero-order valence-electron chi connectivity index (χ0n) is 17.6. The van der Waals surface area contributed by atoms with Gasteiger partial charge in [0.1, 0.15) is 0 Å². The summed E-state index contributed by atoms with van der Waals surface area (Å²) in [6, 6.07) is 8.41. The number of nitrogens with zero attached hydrogens (tertiary/aromatic N) is 2. The molecule has 2 aliphatic heterocycles. The first-order valence-corrected chi connectivity index (χ1v) is 11.4. The summed E-state index contributed by atoms with van der Waals surface area (Å²) in [5.41, 5.74) is 1.07. The minimum absolute atomic E-state index is 0.0301. The number of thiophene rings is 1. The van der Waals surface area contributed by atoms with Gasteiger partial charge in [0.05, 0.1) is 16.0 Å². The first-order chi connectivity index (χ1) is 14.8. The lowest BCUT2D eigenvalue weighted by Crippen LogP contribution is -2.46. The number of nitrogens with one attached hydrogen (secondary N) is 1. The molecule has 1 saturated heterocycles. The number of piperidine rings is 1. The number of carbonyl (C=O) groups excluding carboxylic acids is 4. The normalized spacial score (nSPS) is 16.7. The summed E-state index contributed by atoms with van der Waals surface area (Å²) < 4.78 is 0. The van der Waals surface area contributed by atoms with Crippen LogP contribution in [0.2, 0.25) is 0 Å². The van der Waals surface area contributed by atoms with E-state index in [1.54, 1.807) is 29.2 Å². The van der Waals surface area contributed by atoms with E-state index in [9.17, 15) is 19.2 Å². The number of carbonyl (C=O) groups is 4. The van der Waals surface area contributed by atoms with E-state index < -0.39 is 0 Å². The molecule has 2 aliphatic rings. The van der Waals surface area contributed by atoms with Gasteiger partial charge < -0.3 is 10.2 Å². The van der Waals surface area contributed by atoms with Crippen LogP contribution in [-0.2, 0) is 0 Å². The molecule has 0 radical (unpaired) electrons. The fourth-order valence-corrected chi connectivity index (χ4v) is 4.66. The van der Waals surface area contributed by atoms with Gasteiger partial charge in [-0.2, -0.15) is 0 Å². The Kier molecular flexibility index (Phi) is 5.91. The molecular weight excluding hydrogens is 414 g/mol. The molecule has 162 valence electrons. The fourth-order valence-electron chi connectivity index (χ4n) is 4.03. The Bertz CT molecular complexity index is 1020. The molecule has 3 heterocycles. The van der Waals surface area contributed by atoms with Crippen molar-refractivity contribution in [3.8, 4) is 0 Å².